The largest absolute Gasteiger partial charge is 0.289 e. The molecule has 3 nitrogen and oxygen atoms in total. The fourth-order valence-corrected chi connectivity index (χ4v) is 7.72. The first-order valence-corrected chi connectivity index (χ1v) is 8.84. The van der Waals surface area contributed by atoms with E-state index in [0.29, 0.717) is 23.9 Å². The summed E-state index contributed by atoms with van der Waals surface area (Å²) >= 11 is 0. The average Bonchev–Trinajstić information content (AvgIpc) is 2.42. The van der Waals surface area contributed by atoms with Gasteiger partial charge in [0.2, 0.25) is 7.44 Å². The van der Waals surface area contributed by atoms with Crippen LogP contribution in [0.2, 0.25) is 0 Å². The normalized spacial score (nSPS) is 43.4. The maximum atomic E-state index is 13.0. The van der Waals surface area contributed by atoms with E-state index in [4.69, 9.17) is 5.50 Å². The second-order valence-electron chi connectivity index (χ2n) is 6.40. The van der Waals surface area contributed by atoms with Crippen LogP contribution >= 0.6 is 7.44 Å². The van der Waals surface area contributed by atoms with E-state index in [9.17, 15) is 4.57 Å². The van der Waals surface area contributed by atoms with E-state index in [1.807, 2.05) is 0 Å². The second kappa shape index (κ2) is 4.68. The minimum Gasteiger partial charge on any atom is -0.289 e. The summed E-state index contributed by atoms with van der Waals surface area (Å²) in [6, 6.07) is 0.784. The summed E-state index contributed by atoms with van der Waals surface area (Å²) in [5.41, 5.74) is 6.53. The quantitative estimate of drug-likeness (QED) is 0.772. The zero-order valence-corrected chi connectivity index (χ0v) is 12.5. The standard InChI is InChI=1S/C13H27N2OP/c1-9(2)13-11-7-5-6-8-12(11)15(10(3)4)17(13,14)16/h9-13H,5-8H2,1-4H3,(H2,14,16)/t11-,12-,13?,17?/m0/s1. The molecule has 4 atom stereocenters. The molecule has 0 spiro atoms. The van der Waals surface area contributed by atoms with Gasteiger partial charge in [-0.15, -0.1) is 0 Å². The first-order chi connectivity index (χ1) is 7.87. The molecule has 1 aliphatic heterocycles. The predicted molar refractivity (Wildman–Crippen MR) is 73.1 cm³/mol. The number of hydrogen-bond acceptors (Lipinski definition) is 1. The van der Waals surface area contributed by atoms with E-state index in [2.05, 4.69) is 32.4 Å². The average molecular weight is 258 g/mol. The van der Waals surface area contributed by atoms with Gasteiger partial charge in [-0.25, -0.2) is 4.67 Å². The molecule has 1 saturated heterocycles. The van der Waals surface area contributed by atoms with Crippen molar-refractivity contribution >= 4 is 7.44 Å². The molecule has 0 aromatic rings. The summed E-state index contributed by atoms with van der Waals surface area (Å²) in [5.74, 6) is 1.00. The molecule has 1 aliphatic carbocycles. The van der Waals surface area contributed by atoms with Crippen molar-refractivity contribution in [3.63, 3.8) is 0 Å². The fourth-order valence-electron chi connectivity index (χ4n) is 4.19. The SMILES string of the molecule is CC(C)C1[C@H]2CCCC[C@@H]2N(C(C)C)P1(N)=O. The Hall–Kier alpha value is 0.150. The van der Waals surface area contributed by atoms with E-state index in [-0.39, 0.29) is 5.66 Å². The Bertz CT molecular complexity index is 301. The van der Waals surface area contributed by atoms with Crippen LogP contribution in [0.4, 0.5) is 0 Å². The maximum Gasteiger partial charge on any atom is 0.215 e. The highest BCUT2D eigenvalue weighted by molar-refractivity contribution is 7.60. The minimum atomic E-state index is -2.65. The van der Waals surface area contributed by atoms with Gasteiger partial charge in [0.25, 0.3) is 0 Å². The molecule has 0 aromatic heterocycles. The van der Waals surface area contributed by atoms with Crippen LogP contribution in [-0.4, -0.2) is 22.4 Å². The molecule has 2 rings (SSSR count). The summed E-state index contributed by atoms with van der Waals surface area (Å²) in [6.07, 6.45) is 4.97. The van der Waals surface area contributed by atoms with Crippen LogP contribution in [0.3, 0.4) is 0 Å². The summed E-state index contributed by atoms with van der Waals surface area (Å²) in [4.78, 5) is 0. The van der Waals surface area contributed by atoms with Crippen molar-refractivity contribution in [2.45, 2.75) is 71.1 Å². The molecule has 0 radical (unpaired) electrons. The minimum absolute atomic E-state index is 0.218. The van der Waals surface area contributed by atoms with Gasteiger partial charge in [0, 0.05) is 17.7 Å². The van der Waals surface area contributed by atoms with E-state index in [1.54, 1.807) is 0 Å². The molecule has 0 aromatic carbocycles. The van der Waals surface area contributed by atoms with Gasteiger partial charge in [0.15, 0.2) is 0 Å². The first-order valence-electron chi connectivity index (χ1n) is 7.04. The summed E-state index contributed by atoms with van der Waals surface area (Å²) < 4.78 is 15.2. The van der Waals surface area contributed by atoms with Crippen LogP contribution in [0.1, 0.15) is 53.4 Å². The Morgan fingerprint density at radius 3 is 2.29 bits per heavy atom. The molecule has 2 unspecified atom stereocenters. The van der Waals surface area contributed by atoms with Crippen LogP contribution in [0.25, 0.3) is 0 Å². The number of rotatable bonds is 2. The van der Waals surface area contributed by atoms with Crippen LogP contribution in [0, 0.1) is 11.8 Å². The third-order valence-corrected chi connectivity index (χ3v) is 7.87. The van der Waals surface area contributed by atoms with Crippen molar-refractivity contribution < 1.29 is 4.57 Å². The van der Waals surface area contributed by atoms with E-state index in [1.165, 1.54) is 25.7 Å². The van der Waals surface area contributed by atoms with Crippen LogP contribution in [0.15, 0.2) is 0 Å². The zero-order chi connectivity index (χ0) is 12.8. The lowest BCUT2D eigenvalue weighted by atomic mass is 9.79. The summed E-state index contributed by atoms with van der Waals surface area (Å²) in [5, 5.41) is 0. The van der Waals surface area contributed by atoms with Crippen molar-refractivity contribution in [3.8, 4) is 0 Å². The van der Waals surface area contributed by atoms with Crippen LogP contribution in [0.5, 0.6) is 0 Å². The summed E-state index contributed by atoms with van der Waals surface area (Å²) in [7, 11) is -2.65. The Morgan fingerprint density at radius 2 is 1.76 bits per heavy atom. The smallest absolute Gasteiger partial charge is 0.215 e. The molecule has 1 heterocycles. The van der Waals surface area contributed by atoms with Crippen molar-refractivity contribution in [2.24, 2.45) is 17.3 Å². The maximum absolute atomic E-state index is 13.0. The van der Waals surface area contributed by atoms with Crippen LogP contribution < -0.4 is 5.50 Å². The molecule has 4 heteroatoms. The second-order valence-corrected chi connectivity index (χ2v) is 8.80. The molecule has 100 valence electrons. The van der Waals surface area contributed by atoms with Gasteiger partial charge < -0.3 is 0 Å². The van der Waals surface area contributed by atoms with Crippen molar-refractivity contribution in [3.05, 3.63) is 0 Å². The third kappa shape index (κ3) is 2.11. The monoisotopic (exact) mass is 258 g/mol. The Kier molecular flexibility index (Phi) is 3.74. The zero-order valence-electron chi connectivity index (χ0n) is 11.6. The van der Waals surface area contributed by atoms with Gasteiger partial charge >= 0.3 is 0 Å². The molecule has 1 saturated carbocycles. The van der Waals surface area contributed by atoms with E-state index >= 15 is 0 Å². The lowest BCUT2D eigenvalue weighted by Crippen LogP contribution is -2.38. The van der Waals surface area contributed by atoms with E-state index < -0.39 is 7.44 Å². The number of hydrogen-bond donors (Lipinski definition) is 1. The molecule has 17 heavy (non-hydrogen) atoms. The Morgan fingerprint density at radius 1 is 1.18 bits per heavy atom. The molecule has 0 amide bonds. The lowest BCUT2D eigenvalue weighted by molar-refractivity contribution is 0.179. The van der Waals surface area contributed by atoms with Gasteiger partial charge in [-0.1, -0.05) is 26.7 Å². The van der Waals surface area contributed by atoms with Crippen LogP contribution in [-0.2, 0) is 4.57 Å². The number of fused-ring (bicyclic) bond motifs is 1. The number of nitrogens with zero attached hydrogens (tertiary/aromatic N) is 1. The van der Waals surface area contributed by atoms with Gasteiger partial charge in [0.05, 0.1) is 0 Å². The van der Waals surface area contributed by atoms with Gasteiger partial charge in [-0.05, 0) is 38.5 Å². The topological polar surface area (TPSA) is 46.3 Å². The van der Waals surface area contributed by atoms with Crippen molar-refractivity contribution in [2.75, 3.05) is 0 Å². The van der Waals surface area contributed by atoms with Crippen molar-refractivity contribution in [1.82, 2.24) is 4.67 Å². The highest BCUT2D eigenvalue weighted by atomic mass is 31.2. The highest BCUT2D eigenvalue weighted by Gasteiger charge is 2.56. The summed E-state index contributed by atoms with van der Waals surface area (Å²) in [6.45, 7) is 8.63. The van der Waals surface area contributed by atoms with Gasteiger partial charge in [-0.2, -0.15) is 0 Å². The Labute approximate surface area is 106 Å². The van der Waals surface area contributed by atoms with E-state index in [0.717, 1.165) is 0 Å². The molecular formula is C13H27N2OP. The van der Waals surface area contributed by atoms with Crippen molar-refractivity contribution in [1.29, 1.82) is 0 Å². The van der Waals surface area contributed by atoms with Gasteiger partial charge in [0.1, 0.15) is 0 Å². The molecule has 0 bridgehead atoms. The molecule has 2 aliphatic rings. The molecule has 2 fully saturated rings. The highest BCUT2D eigenvalue weighted by Crippen LogP contribution is 2.64. The fraction of sp³-hybridized carbons (Fsp3) is 1.00. The predicted octanol–water partition coefficient (Wildman–Crippen LogP) is 3.45. The lowest BCUT2D eigenvalue weighted by Gasteiger charge is -2.34. The van der Waals surface area contributed by atoms with Gasteiger partial charge in [-0.3, -0.25) is 10.1 Å². The molecular weight excluding hydrogens is 231 g/mol. The third-order valence-electron chi connectivity index (χ3n) is 4.56. The molecule has 2 N–H and O–H groups in total. The first kappa shape index (κ1) is 13.6. The number of nitrogens with two attached hydrogens (primary N) is 1. The Balaban J connectivity index is 2.38.